The van der Waals surface area contributed by atoms with E-state index in [1.54, 1.807) is 4.90 Å². The highest BCUT2D eigenvalue weighted by Gasteiger charge is 2.31. The van der Waals surface area contributed by atoms with Crippen LogP contribution in [0.25, 0.3) is 0 Å². The third kappa shape index (κ3) is 1.63. The van der Waals surface area contributed by atoms with Gasteiger partial charge < -0.3 is 4.90 Å². The lowest BCUT2D eigenvalue weighted by atomic mass is 10.1. The van der Waals surface area contributed by atoms with Crippen molar-refractivity contribution in [3.05, 3.63) is 29.3 Å². The highest BCUT2D eigenvalue weighted by atomic mass is 32.1. The van der Waals surface area contributed by atoms with Crippen LogP contribution in [0.15, 0.2) is 18.2 Å². The van der Waals surface area contributed by atoms with Crippen molar-refractivity contribution in [1.82, 2.24) is 4.90 Å². The predicted molar refractivity (Wildman–Crippen MR) is 71.2 cm³/mol. The average molecular weight is 246 g/mol. The molecule has 2 aliphatic rings. The Morgan fingerprint density at radius 3 is 2.71 bits per heavy atom. The molecule has 0 radical (unpaired) electrons. The van der Waals surface area contributed by atoms with E-state index in [-0.39, 0.29) is 5.91 Å². The fraction of sp³-hybridized carbons (Fsp3) is 0.385. The van der Waals surface area contributed by atoms with Crippen LogP contribution in [-0.4, -0.2) is 29.5 Å². The van der Waals surface area contributed by atoms with E-state index in [9.17, 15) is 4.79 Å². The monoisotopic (exact) mass is 246 g/mol. The van der Waals surface area contributed by atoms with E-state index < -0.39 is 0 Å². The van der Waals surface area contributed by atoms with Crippen LogP contribution in [0.3, 0.4) is 0 Å². The van der Waals surface area contributed by atoms with Crippen LogP contribution in [0.4, 0.5) is 5.69 Å². The fourth-order valence-electron chi connectivity index (χ4n) is 2.57. The first-order chi connectivity index (χ1) is 8.16. The van der Waals surface area contributed by atoms with Crippen LogP contribution in [0, 0.1) is 0 Å². The third-order valence-corrected chi connectivity index (χ3v) is 3.97. The number of hydrogen-bond donors (Lipinski definition) is 0. The first-order valence-electron chi connectivity index (χ1n) is 5.86. The first kappa shape index (κ1) is 10.7. The number of carbonyl (C=O) groups excluding carboxylic acids is 1. The maximum atomic E-state index is 11.9. The second-order valence-electron chi connectivity index (χ2n) is 4.67. The molecule has 0 unspecified atom stereocenters. The van der Waals surface area contributed by atoms with Gasteiger partial charge in [-0.3, -0.25) is 9.69 Å². The van der Waals surface area contributed by atoms with Gasteiger partial charge in [-0.05, 0) is 54.7 Å². The van der Waals surface area contributed by atoms with E-state index in [1.807, 2.05) is 18.0 Å². The Bertz CT molecular complexity index is 512. The molecule has 1 saturated heterocycles. The van der Waals surface area contributed by atoms with Gasteiger partial charge in [0.25, 0.3) is 5.91 Å². The zero-order valence-corrected chi connectivity index (χ0v) is 10.6. The van der Waals surface area contributed by atoms with Gasteiger partial charge in [0.2, 0.25) is 0 Å². The molecule has 1 aromatic rings. The highest BCUT2D eigenvalue weighted by Crippen LogP contribution is 2.28. The summed E-state index contributed by atoms with van der Waals surface area (Å²) in [6, 6.07) is 6.26. The molecule has 3 nitrogen and oxygen atoms in total. The van der Waals surface area contributed by atoms with E-state index in [1.165, 1.54) is 17.5 Å². The Morgan fingerprint density at radius 2 is 2.00 bits per heavy atom. The molecule has 1 fully saturated rings. The van der Waals surface area contributed by atoms with Gasteiger partial charge in [-0.25, -0.2) is 0 Å². The summed E-state index contributed by atoms with van der Waals surface area (Å²) in [5, 5.41) is 0.605. The maximum Gasteiger partial charge on any atom is 0.252 e. The van der Waals surface area contributed by atoms with E-state index in [4.69, 9.17) is 12.2 Å². The first-order valence-corrected chi connectivity index (χ1v) is 6.27. The quantitative estimate of drug-likeness (QED) is 0.705. The number of anilines is 1. The summed E-state index contributed by atoms with van der Waals surface area (Å²) in [6.07, 6.45) is 3.50. The van der Waals surface area contributed by atoms with Crippen LogP contribution in [0.5, 0.6) is 0 Å². The zero-order chi connectivity index (χ0) is 12.0. The fourth-order valence-corrected chi connectivity index (χ4v) is 2.84. The van der Waals surface area contributed by atoms with Gasteiger partial charge in [-0.15, -0.1) is 0 Å². The van der Waals surface area contributed by atoms with Crippen LogP contribution in [-0.2, 0) is 17.6 Å². The second-order valence-corrected chi connectivity index (χ2v) is 5.04. The van der Waals surface area contributed by atoms with Crippen molar-refractivity contribution < 1.29 is 4.79 Å². The zero-order valence-electron chi connectivity index (χ0n) is 9.77. The molecule has 0 saturated carbocycles. The van der Waals surface area contributed by atoms with E-state index in [0.717, 1.165) is 18.5 Å². The van der Waals surface area contributed by atoms with Gasteiger partial charge in [0, 0.05) is 7.05 Å². The van der Waals surface area contributed by atoms with Crippen LogP contribution in [0.2, 0.25) is 0 Å². The number of benzene rings is 1. The van der Waals surface area contributed by atoms with E-state index in [0.29, 0.717) is 11.7 Å². The lowest BCUT2D eigenvalue weighted by Gasteiger charge is -2.18. The van der Waals surface area contributed by atoms with E-state index in [2.05, 4.69) is 12.1 Å². The molecule has 4 heteroatoms. The van der Waals surface area contributed by atoms with Gasteiger partial charge in [0.05, 0.1) is 12.2 Å². The Balaban J connectivity index is 1.99. The molecule has 17 heavy (non-hydrogen) atoms. The van der Waals surface area contributed by atoms with Gasteiger partial charge in [-0.1, -0.05) is 6.07 Å². The molecule has 0 spiro atoms. The Labute approximate surface area is 106 Å². The van der Waals surface area contributed by atoms with Crippen LogP contribution >= 0.6 is 12.2 Å². The summed E-state index contributed by atoms with van der Waals surface area (Å²) in [6.45, 7) is 0.385. The smallest absolute Gasteiger partial charge is 0.252 e. The number of rotatable bonds is 1. The molecule has 3 rings (SSSR count). The summed E-state index contributed by atoms with van der Waals surface area (Å²) in [7, 11) is 1.85. The number of fused-ring (bicyclic) bond motifs is 1. The largest absolute Gasteiger partial charge is 0.342 e. The minimum Gasteiger partial charge on any atom is -0.342 e. The van der Waals surface area contributed by atoms with Crippen molar-refractivity contribution in [3.8, 4) is 0 Å². The molecule has 0 aromatic heterocycles. The average Bonchev–Trinajstić information content (AvgIpc) is 2.84. The second kappa shape index (κ2) is 3.81. The highest BCUT2D eigenvalue weighted by molar-refractivity contribution is 7.80. The van der Waals surface area contributed by atoms with Crippen molar-refractivity contribution in [2.75, 3.05) is 18.5 Å². The molecule has 0 bridgehead atoms. The number of thiocarbonyl (C=S) groups is 1. The minimum atomic E-state index is 0.0652. The van der Waals surface area contributed by atoms with E-state index >= 15 is 0 Å². The molecule has 1 aliphatic carbocycles. The topological polar surface area (TPSA) is 23.6 Å². The standard InChI is InChI=1S/C13H14N2OS/c1-14-8-12(16)15(13(14)17)11-6-5-9-3-2-4-10(9)7-11/h5-7H,2-4,8H2,1H3. The number of aryl methyl sites for hydroxylation is 2. The van der Waals surface area contributed by atoms with Crippen LogP contribution < -0.4 is 4.90 Å². The van der Waals surface area contributed by atoms with Crippen molar-refractivity contribution in [1.29, 1.82) is 0 Å². The van der Waals surface area contributed by atoms with Gasteiger partial charge in [0.15, 0.2) is 5.11 Å². The Hall–Kier alpha value is -1.42. The number of likely N-dealkylation sites (N-methyl/N-ethyl adjacent to an activating group) is 1. The summed E-state index contributed by atoms with van der Waals surface area (Å²) in [4.78, 5) is 15.3. The molecule has 1 heterocycles. The summed E-state index contributed by atoms with van der Waals surface area (Å²) >= 11 is 5.28. The Morgan fingerprint density at radius 1 is 1.24 bits per heavy atom. The van der Waals surface area contributed by atoms with Gasteiger partial charge >= 0.3 is 0 Å². The third-order valence-electron chi connectivity index (χ3n) is 3.48. The number of nitrogens with zero attached hydrogens (tertiary/aromatic N) is 2. The minimum absolute atomic E-state index is 0.0652. The maximum absolute atomic E-state index is 11.9. The van der Waals surface area contributed by atoms with Crippen molar-refractivity contribution in [2.24, 2.45) is 0 Å². The number of carbonyl (C=O) groups is 1. The summed E-state index contributed by atoms with van der Waals surface area (Å²) < 4.78 is 0. The van der Waals surface area contributed by atoms with Crippen molar-refractivity contribution in [3.63, 3.8) is 0 Å². The molecule has 88 valence electrons. The summed E-state index contributed by atoms with van der Waals surface area (Å²) in [5.74, 6) is 0.0652. The van der Waals surface area contributed by atoms with Crippen molar-refractivity contribution in [2.45, 2.75) is 19.3 Å². The lowest BCUT2D eigenvalue weighted by Crippen LogP contribution is -2.31. The molecule has 1 aromatic carbocycles. The molecule has 1 amide bonds. The normalized spacial score (nSPS) is 19.1. The molecule has 0 N–H and O–H groups in total. The molecular formula is C13H14N2OS. The molecular weight excluding hydrogens is 232 g/mol. The molecule has 0 atom stereocenters. The Kier molecular flexibility index (Phi) is 2.40. The lowest BCUT2D eigenvalue weighted by molar-refractivity contribution is -0.116. The molecule has 1 aliphatic heterocycles. The predicted octanol–water partition coefficient (Wildman–Crippen LogP) is 1.74. The van der Waals surface area contributed by atoms with Gasteiger partial charge in [-0.2, -0.15) is 0 Å². The van der Waals surface area contributed by atoms with Crippen LogP contribution in [0.1, 0.15) is 17.5 Å². The summed E-state index contributed by atoms with van der Waals surface area (Å²) in [5.41, 5.74) is 3.71. The number of hydrogen-bond acceptors (Lipinski definition) is 2. The van der Waals surface area contributed by atoms with Gasteiger partial charge in [0.1, 0.15) is 0 Å². The number of amides is 1. The SMILES string of the molecule is CN1CC(=O)N(c2ccc3c(c2)CCC3)C1=S. The van der Waals surface area contributed by atoms with Crippen molar-refractivity contribution >= 4 is 28.9 Å².